The van der Waals surface area contributed by atoms with Crippen molar-refractivity contribution in [2.75, 3.05) is 0 Å². The SMILES string of the molecule is Cn1cnc(CNS(=O)(=O)c2cc(CO)ccc2Cl)n1. The Bertz CT molecular complexity index is 714. The van der Waals surface area contributed by atoms with Crippen molar-refractivity contribution in [3.63, 3.8) is 0 Å². The quantitative estimate of drug-likeness (QED) is 0.834. The third-order valence-corrected chi connectivity index (χ3v) is 4.42. The van der Waals surface area contributed by atoms with Crippen molar-refractivity contribution < 1.29 is 13.5 Å². The predicted octanol–water partition coefficient (Wildman–Crippen LogP) is 0.439. The highest BCUT2D eigenvalue weighted by atomic mass is 35.5. The van der Waals surface area contributed by atoms with Crippen LogP contribution < -0.4 is 4.72 Å². The van der Waals surface area contributed by atoms with Gasteiger partial charge in [0.1, 0.15) is 11.2 Å². The van der Waals surface area contributed by atoms with Crippen molar-refractivity contribution in [2.24, 2.45) is 7.05 Å². The van der Waals surface area contributed by atoms with E-state index in [2.05, 4.69) is 14.8 Å². The highest BCUT2D eigenvalue weighted by Crippen LogP contribution is 2.22. The van der Waals surface area contributed by atoms with Crippen LogP contribution in [0.1, 0.15) is 11.4 Å². The lowest BCUT2D eigenvalue weighted by atomic mass is 10.2. The summed E-state index contributed by atoms with van der Waals surface area (Å²) in [5.74, 6) is 0.352. The Morgan fingerprint density at radius 2 is 2.20 bits per heavy atom. The van der Waals surface area contributed by atoms with E-state index in [0.29, 0.717) is 11.4 Å². The molecule has 0 unspecified atom stereocenters. The summed E-state index contributed by atoms with van der Waals surface area (Å²) in [6, 6.07) is 4.32. The topological polar surface area (TPSA) is 97.1 Å². The smallest absolute Gasteiger partial charge is 0.242 e. The highest BCUT2D eigenvalue weighted by molar-refractivity contribution is 7.89. The molecule has 0 atom stereocenters. The van der Waals surface area contributed by atoms with Crippen molar-refractivity contribution in [1.82, 2.24) is 19.5 Å². The Balaban J connectivity index is 2.21. The maximum absolute atomic E-state index is 12.2. The Hall–Kier alpha value is -1.48. The van der Waals surface area contributed by atoms with Crippen LogP contribution in [0.2, 0.25) is 5.02 Å². The predicted molar refractivity (Wildman–Crippen MR) is 72.4 cm³/mol. The summed E-state index contributed by atoms with van der Waals surface area (Å²) < 4.78 is 28.2. The van der Waals surface area contributed by atoms with Crippen LogP contribution in [-0.4, -0.2) is 28.3 Å². The fraction of sp³-hybridized carbons (Fsp3) is 0.273. The summed E-state index contributed by atoms with van der Waals surface area (Å²) in [5.41, 5.74) is 0.464. The van der Waals surface area contributed by atoms with Gasteiger partial charge in [0.25, 0.3) is 0 Å². The van der Waals surface area contributed by atoms with Gasteiger partial charge in [-0.25, -0.2) is 18.1 Å². The fourth-order valence-electron chi connectivity index (χ4n) is 1.55. The molecule has 1 heterocycles. The number of hydrogen-bond donors (Lipinski definition) is 2. The van der Waals surface area contributed by atoms with E-state index >= 15 is 0 Å². The number of rotatable bonds is 5. The third-order valence-electron chi connectivity index (χ3n) is 2.54. The zero-order valence-corrected chi connectivity index (χ0v) is 12.2. The molecule has 0 aliphatic carbocycles. The van der Waals surface area contributed by atoms with Gasteiger partial charge in [0, 0.05) is 7.05 Å². The van der Waals surface area contributed by atoms with Crippen molar-refractivity contribution in [1.29, 1.82) is 0 Å². The number of aromatic nitrogens is 3. The molecule has 20 heavy (non-hydrogen) atoms. The fourth-order valence-corrected chi connectivity index (χ4v) is 3.08. The Morgan fingerprint density at radius 1 is 1.45 bits per heavy atom. The van der Waals surface area contributed by atoms with Crippen molar-refractivity contribution in [3.05, 3.63) is 40.9 Å². The van der Waals surface area contributed by atoms with Gasteiger partial charge in [0.2, 0.25) is 10.0 Å². The molecule has 0 fully saturated rings. The van der Waals surface area contributed by atoms with Gasteiger partial charge in [0.05, 0.1) is 18.2 Å². The third kappa shape index (κ3) is 3.34. The molecule has 2 N–H and O–H groups in total. The summed E-state index contributed by atoms with van der Waals surface area (Å²) in [7, 11) is -2.11. The van der Waals surface area contributed by atoms with Gasteiger partial charge in [-0.05, 0) is 17.7 Å². The molecule has 0 saturated heterocycles. The highest BCUT2D eigenvalue weighted by Gasteiger charge is 2.18. The molecule has 9 heteroatoms. The largest absolute Gasteiger partial charge is 0.392 e. The van der Waals surface area contributed by atoms with E-state index in [4.69, 9.17) is 16.7 Å². The van der Waals surface area contributed by atoms with Crippen LogP contribution in [0, 0.1) is 0 Å². The Labute approximate surface area is 121 Å². The first-order valence-corrected chi connectivity index (χ1v) is 7.52. The van der Waals surface area contributed by atoms with Crippen LogP contribution in [0.15, 0.2) is 29.4 Å². The Kier molecular flexibility index (Phi) is 4.39. The molecule has 0 spiro atoms. The first kappa shape index (κ1) is 14.9. The number of hydrogen-bond acceptors (Lipinski definition) is 5. The lowest BCUT2D eigenvalue weighted by Gasteiger charge is -2.08. The lowest BCUT2D eigenvalue weighted by Crippen LogP contribution is -2.24. The molecule has 108 valence electrons. The molecule has 1 aromatic heterocycles. The zero-order chi connectivity index (χ0) is 14.8. The number of benzene rings is 1. The van der Waals surface area contributed by atoms with E-state index in [-0.39, 0.29) is 23.1 Å². The molecule has 0 saturated carbocycles. The van der Waals surface area contributed by atoms with E-state index in [0.717, 1.165) is 0 Å². The molecule has 2 rings (SSSR count). The molecule has 7 nitrogen and oxygen atoms in total. The second kappa shape index (κ2) is 5.88. The normalized spacial score (nSPS) is 11.8. The average molecular weight is 317 g/mol. The number of halogens is 1. The van der Waals surface area contributed by atoms with Crippen LogP contribution in [0.25, 0.3) is 0 Å². The van der Waals surface area contributed by atoms with Crippen molar-refractivity contribution in [2.45, 2.75) is 18.0 Å². The van der Waals surface area contributed by atoms with E-state index < -0.39 is 10.0 Å². The maximum atomic E-state index is 12.2. The second-order valence-electron chi connectivity index (χ2n) is 4.08. The standard InChI is InChI=1S/C11H13ClN4O3S/c1-16-7-13-11(15-16)5-14-20(18,19)10-4-8(6-17)2-3-9(10)12/h2-4,7,14,17H,5-6H2,1H3. The van der Waals surface area contributed by atoms with E-state index in [1.165, 1.54) is 23.1 Å². The first-order valence-electron chi connectivity index (χ1n) is 5.66. The van der Waals surface area contributed by atoms with Gasteiger partial charge >= 0.3 is 0 Å². The molecule has 0 bridgehead atoms. The zero-order valence-electron chi connectivity index (χ0n) is 10.6. The average Bonchev–Trinajstić information content (AvgIpc) is 2.83. The number of sulfonamides is 1. The first-order chi connectivity index (χ1) is 9.42. The summed E-state index contributed by atoms with van der Waals surface area (Å²) in [4.78, 5) is 3.84. The molecule has 0 amide bonds. The van der Waals surface area contributed by atoms with Crippen LogP contribution in [-0.2, 0) is 30.2 Å². The van der Waals surface area contributed by atoms with Gasteiger partial charge < -0.3 is 5.11 Å². The maximum Gasteiger partial charge on any atom is 0.242 e. The van der Waals surface area contributed by atoms with Gasteiger partial charge in [-0.15, -0.1) is 0 Å². The van der Waals surface area contributed by atoms with E-state index in [1.807, 2.05) is 0 Å². The van der Waals surface area contributed by atoms with Crippen molar-refractivity contribution in [3.8, 4) is 0 Å². The number of nitrogens with one attached hydrogen (secondary N) is 1. The molecule has 0 radical (unpaired) electrons. The van der Waals surface area contributed by atoms with Gasteiger partial charge in [0.15, 0.2) is 5.82 Å². The summed E-state index contributed by atoms with van der Waals surface area (Å²) in [6.45, 7) is -0.301. The summed E-state index contributed by atoms with van der Waals surface area (Å²) in [5, 5.41) is 13.1. The Morgan fingerprint density at radius 3 is 2.80 bits per heavy atom. The van der Waals surface area contributed by atoms with Crippen LogP contribution in [0.3, 0.4) is 0 Å². The number of nitrogens with zero attached hydrogens (tertiary/aromatic N) is 3. The molecular weight excluding hydrogens is 304 g/mol. The van der Waals surface area contributed by atoms with Crippen LogP contribution in [0.5, 0.6) is 0 Å². The number of aliphatic hydroxyl groups is 1. The minimum absolute atomic E-state index is 0.0388. The molecule has 1 aromatic carbocycles. The van der Waals surface area contributed by atoms with E-state index in [1.54, 1.807) is 13.1 Å². The van der Waals surface area contributed by atoms with Crippen molar-refractivity contribution >= 4 is 21.6 Å². The minimum Gasteiger partial charge on any atom is -0.392 e. The van der Waals surface area contributed by atoms with Crippen LogP contribution in [0.4, 0.5) is 0 Å². The molecule has 0 aliphatic heterocycles. The number of aryl methyl sites for hydroxylation is 1. The molecule has 2 aromatic rings. The van der Waals surface area contributed by atoms with Gasteiger partial charge in [-0.1, -0.05) is 17.7 Å². The molecule has 0 aliphatic rings. The summed E-state index contributed by atoms with van der Waals surface area (Å²) in [6.07, 6.45) is 1.48. The van der Waals surface area contributed by atoms with Gasteiger partial charge in [-0.3, -0.25) is 4.68 Å². The minimum atomic E-state index is -3.79. The second-order valence-corrected chi connectivity index (χ2v) is 6.22. The lowest BCUT2D eigenvalue weighted by molar-refractivity contribution is 0.281. The van der Waals surface area contributed by atoms with Crippen LogP contribution >= 0.6 is 11.6 Å². The molecular formula is C11H13ClN4O3S. The van der Waals surface area contributed by atoms with Gasteiger partial charge in [-0.2, -0.15) is 5.10 Å². The summed E-state index contributed by atoms with van der Waals surface area (Å²) >= 11 is 5.89. The monoisotopic (exact) mass is 316 g/mol. The van der Waals surface area contributed by atoms with E-state index in [9.17, 15) is 8.42 Å². The number of aliphatic hydroxyl groups excluding tert-OH is 1.